The number of carbonyl (C=O) groups excluding carboxylic acids is 2. The van der Waals surface area contributed by atoms with Gasteiger partial charge in [0.15, 0.2) is 0 Å². The zero-order chi connectivity index (χ0) is 20.9. The Balaban J connectivity index is 1.78. The van der Waals surface area contributed by atoms with Gasteiger partial charge in [0.1, 0.15) is 0 Å². The lowest BCUT2D eigenvalue weighted by atomic mass is 10.2. The van der Waals surface area contributed by atoms with E-state index >= 15 is 0 Å². The molecule has 0 radical (unpaired) electrons. The standard InChI is InChI=1S/C18H16N4O5S2/c1-2-27-16(24)13-10-6-7-11-14(13)22-29(25,26)18-21-20-17(28-18)19-15(23)12-8-4-3-5-9-12/h3-11,22H,2H2,1H3,(H,19,20,23). The molecule has 1 aromatic heterocycles. The van der Waals surface area contributed by atoms with Crippen LogP contribution in [-0.2, 0) is 14.8 Å². The van der Waals surface area contributed by atoms with E-state index < -0.39 is 21.9 Å². The maximum Gasteiger partial charge on any atom is 0.340 e. The molecule has 3 rings (SSSR count). The van der Waals surface area contributed by atoms with Crippen LogP contribution in [0.4, 0.5) is 10.8 Å². The number of nitrogens with zero attached hydrogens (tertiary/aromatic N) is 2. The molecule has 0 aliphatic rings. The highest BCUT2D eigenvalue weighted by molar-refractivity contribution is 7.94. The van der Waals surface area contributed by atoms with E-state index in [0.717, 1.165) is 0 Å². The zero-order valence-corrected chi connectivity index (χ0v) is 16.8. The number of hydrogen-bond donors (Lipinski definition) is 2. The summed E-state index contributed by atoms with van der Waals surface area (Å²) in [6.45, 7) is 1.80. The highest BCUT2D eigenvalue weighted by Gasteiger charge is 2.24. The first-order valence-electron chi connectivity index (χ1n) is 8.39. The lowest BCUT2D eigenvalue weighted by Crippen LogP contribution is -2.16. The van der Waals surface area contributed by atoms with Crippen LogP contribution in [0.25, 0.3) is 0 Å². The smallest absolute Gasteiger partial charge is 0.340 e. The minimum atomic E-state index is -4.13. The Morgan fingerprint density at radius 3 is 2.45 bits per heavy atom. The van der Waals surface area contributed by atoms with Crippen LogP contribution in [0.15, 0.2) is 58.9 Å². The molecule has 1 heterocycles. The third-order valence-electron chi connectivity index (χ3n) is 3.56. The van der Waals surface area contributed by atoms with Crippen molar-refractivity contribution in [3.05, 3.63) is 65.7 Å². The van der Waals surface area contributed by atoms with E-state index in [1.807, 2.05) is 0 Å². The fourth-order valence-corrected chi connectivity index (χ4v) is 4.25. The largest absolute Gasteiger partial charge is 0.462 e. The Hall–Kier alpha value is -3.31. The van der Waals surface area contributed by atoms with E-state index in [1.54, 1.807) is 49.4 Å². The molecule has 0 fully saturated rings. The van der Waals surface area contributed by atoms with Crippen molar-refractivity contribution in [1.29, 1.82) is 0 Å². The second-order valence-electron chi connectivity index (χ2n) is 5.56. The first-order chi connectivity index (χ1) is 13.9. The van der Waals surface area contributed by atoms with Crippen LogP contribution in [0.3, 0.4) is 0 Å². The average Bonchev–Trinajstić information content (AvgIpc) is 3.18. The number of aromatic nitrogens is 2. The molecule has 11 heteroatoms. The van der Waals surface area contributed by atoms with Crippen LogP contribution in [0.2, 0.25) is 0 Å². The summed E-state index contributed by atoms with van der Waals surface area (Å²) in [7, 11) is -4.13. The second kappa shape index (κ2) is 8.80. The van der Waals surface area contributed by atoms with Gasteiger partial charge in [0.05, 0.1) is 17.9 Å². The van der Waals surface area contributed by atoms with E-state index in [2.05, 4.69) is 20.2 Å². The van der Waals surface area contributed by atoms with E-state index in [1.165, 1.54) is 12.1 Å². The van der Waals surface area contributed by atoms with Crippen molar-refractivity contribution in [2.45, 2.75) is 11.3 Å². The number of anilines is 2. The van der Waals surface area contributed by atoms with Gasteiger partial charge < -0.3 is 4.74 Å². The van der Waals surface area contributed by atoms with Gasteiger partial charge in [0.25, 0.3) is 20.3 Å². The fourth-order valence-electron chi connectivity index (χ4n) is 2.28. The van der Waals surface area contributed by atoms with Crippen molar-refractivity contribution in [2.75, 3.05) is 16.6 Å². The molecule has 1 amide bonds. The fraction of sp³-hybridized carbons (Fsp3) is 0.111. The Morgan fingerprint density at radius 2 is 1.72 bits per heavy atom. The molecule has 0 saturated carbocycles. The number of esters is 1. The molecule has 3 aromatic rings. The van der Waals surface area contributed by atoms with Crippen molar-refractivity contribution in [3.8, 4) is 0 Å². The zero-order valence-electron chi connectivity index (χ0n) is 15.2. The molecule has 0 aliphatic heterocycles. The summed E-state index contributed by atoms with van der Waals surface area (Å²) in [5.41, 5.74) is 0.518. The number of benzene rings is 2. The molecule has 2 N–H and O–H groups in total. The monoisotopic (exact) mass is 432 g/mol. The molecule has 9 nitrogen and oxygen atoms in total. The normalized spacial score (nSPS) is 10.9. The van der Waals surface area contributed by atoms with Gasteiger partial charge in [0, 0.05) is 5.56 Å². The summed E-state index contributed by atoms with van der Waals surface area (Å²) in [5, 5.41) is 9.86. The Morgan fingerprint density at radius 1 is 1.03 bits per heavy atom. The molecule has 0 saturated heterocycles. The van der Waals surface area contributed by atoms with Gasteiger partial charge in [-0.15, -0.1) is 10.2 Å². The molecular formula is C18H16N4O5S2. The third kappa shape index (κ3) is 4.95. The van der Waals surface area contributed by atoms with Crippen LogP contribution in [0, 0.1) is 0 Å². The number of para-hydroxylation sites is 1. The molecule has 0 spiro atoms. The van der Waals surface area contributed by atoms with E-state index in [9.17, 15) is 18.0 Å². The lowest BCUT2D eigenvalue weighted by Gasteiger charge is -2.10. The van der Waals surface area contributed by atoms with E-state index in [-0.39, 0.29) is 27.3 Å². The number of ether oxygens (including phenoxy) is 1. The first kappa shape index (κ1) is 20.4. The lowest BCUT2D eigenvalue weighted by molar-refractivity contribution is 0.0527. The van der Waals surface area contributed by atoms with Gasteiger partial charge in [-0.3, -0.25) is 14.8 Å². The maximum atomic E-state index is 12.6. The van der Waals surface area contributed by atoms with Crippen molar-refractivity contribution < 1.29 is 22.7 Å². The van der Waals surface area contributed by atoms with Gasteiger partial charge in [-0.25, -0.2) is 4.79 Å². The van der Waals surface area contributed by atoms with Crippen molar-refractivity contribution in [3.63, 3.8) is 0 Å². The summed E-state index contributed by atoms with van der Waals surface area (Å²) < 4.78 is 32.1. The highest BCUT2D eigenvalue weighted by Crippen LogP contribution is 2.25. The highest BCUT2D eigenvalue weighted by atomic mass is 32.2. The molecule has 0 unspecified atom stereocenters. The van der Waals surface area contributed by atoms with Crippen molar-refractivity contribution >= 4 is 44.1 Å². The molecular weight excluding hydrogens is 416 g/mol. The number of hydrogen-bond acceptors (Lipinski definition) is 8. The summed E-state index contributed by atoms with van der Waals surface area (Å²) >= 11 is 0.686. The molecule has 29 heavy (non-hydrogen) atoms. The van der Waals surface area contributed by atoms with Gasteiger partial charge >= 0.3 is 5.97 Å². The quantitative estimate of drug-likeness (QED) is 0.434. The van der Waals surface area contributed by atoms with Crippen molar-refractivity contribution in [2.24, 2.45) is 0 Å². The second-order valence-corrected chi connectivity index (χ2v) is 8.40. The minimum absolute atomic E-state index is 0.0258. The topological polar surface area (TPSA) is 127 Å². The predicted octanol–water partition coefficient (Wildman–Crippen LogP) is 2.77. The minimum Gasteiger partial charge on any atom is -0.462 e. The van der Waals surface area contributed by atoms with Crippen LogP contribution in [0.1, 0.15) is 27.6 Å². The number of amides is 1. The van der Waals surface area contributed by atoms with Gasteiger partial charge in [-0.05, 0) is 31.2 Å². The Labute approximate surface area is 170 Å². The number of nitrogens with one attached hydrogen (secondary N) is 2. The summed E-state index contributed by atoms with van der Waals surface area (Å²) in [6.07, 6.45) is 0. The molecule has 0 atom stereocenters. The SMILES string of the molecule is CCOC(=O)c1ccccc1NS(=O)(=O)c1nnc(NC(=O)c2ccccc2)s1. The van der Waals surface area contributed by atoms with E-state index in [4.69, 9.17) is 4.74 Å². The van der Waals surface area contributed by atoms with E-state index in [0.29, 0.717) is 16.9 Å². The summed E-state index contributed by atoms with van der Waals surface area (Å²) in [6, 6.07) is 14.4. The first-order valence-corrected chi connectivity index (χ1v) is 10.7. The van der Waals surface area contributed by atoms with Gasteiger partial charge in [0.2, 0.25) is 5.13 Å². The molecule has 0 aliphatic carbocycles. The molecule has 2 aromatic carbocycles. The Bertz CT molecular complexity index is 1130. The average molecular weight is 432 g/mol. The van der Waals surface area contributed by atoms with Gasteiger partial charge in [-0.1, -0.05) is 41.7 Å². The van der Waals surface area contributed by atoms with Gasteiger partial charge in [-0.2, -0.15) is 8.42 Å². The van der Waals surface area contributed by atoms with Crippen LogP contribution in [-0.4, -0.2) is 37.1 Å². The molecule has 150 valence electrons. The summed E-state index contributed by atoms with van der Waals surface area (Å²) in [5.74, 6) is -1.09. The maximum absolute atomic E-state index is 12.6. The molecule has 0 bridgehead atoms. The number of carbonyl (C=O) groups is 2. The third-order valence-corrected chi connectivity index (χ3v) is 6.13. The number of sulfonamides is 1. The van der Waals surface area contributed by atoms with Crippen LogP contribution in [0.5, 0.6) is 0 Å². The van der Waals surface area contributed by atoms with Crippen molar-refractivity contribution in [1.82, 2.24) is 10.2 Å². The van der Waals surface area contributed by atoms with Crippen LogP contribution < -0.4 is 10.0 Å². The predicted molar refractivity (Wildman–Crippen MR) is 108 cm³/mol. The number of rotatable bonds is 7. The Kier molecular flexibility index (Phi) is 6.20. The summed E-state index contributed by atoms with van der Waals surface area (Å²) in [4.78, 5) is 24.2. The van der Waals surface area contributed by atoms with Crippen LogP contribution >= 0.6 is 11.3 Å².